The normalized spacial score (nSPS) is 20.5. The standard InChI is InChI=1S/C14H23N3O2/c1-4-19-14(18)12-9-16(3)15-13(12)10-17-7-5-6-11(2)8-17/h9,11H,4-8,10H2,1-3H3. The lowest BCUT2D eigenvalue weighted by Crippen LogP contribution is -2.34. The Hall–Kier alpha value is -1.36. The summed E-state index contributed by atoms with van der Waals surface area (Å²) in [6.45, 7) is 7.40. The largest absolute Gasteiger partial charge is 0.462 e. The average molecular weight is 265 g/mol. The highest BCUT2D eigenvalue weighted by Gasteiger charge is 2.22. The van der Waals surface area contributed by atoms with E-state index in [9.17, 15) is 4.79 Å². The third kappa shape index (κ3) is 3.56. The molecule has 0 bridgehead atoms. The molecule has 2 rings (SSSR count). The van der Waals surface area contributed by atoms with E-state index in [2.05, 4.69) is 16.9 Å². The van der Waals surface area contributed by atoms with Gasteiger partial charge >= 0.3 is 5.97 Å². The Morgan fingerprint density at radius 3 is 3.05 bits per heavy atom. The van der Waals surface area contributed by atoms with Gasteiger partial charge in [0.15, 0.2) is 0 Å². The van der Waals surface area contributed by atoms with Crippen LogP contribution >= 0.6 is 0 Å². The van der Waals surface area contributed by atoms with Gasteiger partial charge in [0, 0.05) is 26.3 Å². The van der Waals surface area contributed by atoms with Gasteiger partial charge in [0.2, 0.25) is 0 Å². The zero-order valence-electron chi connectivity index (χ0n) is 12.1. The van der Waals surface area contributed by atoms with E-state index < -0.39 is 0 Å². The molecule has 1 unspecified atom stereocenters. The molecule has 0 amide bonds. The van der Waals surface area contributed by atoms with Crippen molar-refractivity contribution in [3.8, 4) is 0 Å². The Balaban J connectivity index is 2.08. The minimum atomic E-state index is -0.268. The molecule has 1 fully saturated rings. The van der Waals surface area contributed by atoms with Gasteiger partial charge in [-0.25, -0.2) is 4.79 Å². The molecule has 5 nitrogen and oxygen atoms in total. The zero-order chi connectivity index (χ0) is 13.8. The van der Waals surface area contributed by atoms with E-state index in [0.717, 1.165) is 31.2 Å². The lowest BCUT2D eigenvalue weighted by molar-refractivity contribution is 0.0523. The van der Waals surface area contributed by atoms with E-state index in [1.165, 1.54) is 12.8 Å². The number of likely N-dealkylation sites (tertiary alicyclic amines) is 1. The monoisotopic (exact) mass is 265 g/mol. The lowest BCUT2D eigenvalue weighted by atomic mass is 10.00. The molecule has 0 radical (unpaired) electrons. The molecular formula is C14H23N3O2. The number of piperidine rings is 1. The number of rotatable bonds is 4. The Kier molecular flexibility index (Phi) is 4.58. The quantitative estimate of drug-likeness (QED) is 0.779. The molecule has 106 valence electrons. The number of nitrogens with zero attached hydrogens (tertiary/aromatic N) is 3. The van der Waals surface area contributed by atoms with Crippen molar-refractivity contribution < 1.29 is 9.53 Å². The number of aryl methyl sites for hydroxylation is 1. The second-order valence-electron chi connectivity index (χ2n) is 5.37. The highest BCUT2D eigenvalue weighted by atomic mass is 16.5. The number of hydrogen-bond donors (Lipinski definition) is 0. The summed E-state index contributed by atoms with van der Waals surface area (Å²) in [5.41, 5.74) is 1.43. The first kappa shape index (κ1) is 14.1. The second-order valence-corrected chi connectivity index (χ2v) is 5.37. The van der Waals surface area contributed by atoms with E-state index in [4.69, 9.17) is 4.74 Å². The van der Waals surface area contributed by atoms with Crippen LogP contribution in [0, 0.1) is 5.92 Å². The van der Waals surface area contributed by atoms with Crippen molar-refractivity contribution in [2.24, 2.45) is 13.0 Å². The molecule has 19 heavy (non-hydrogen) atoms. The number of ether oxygens (including phenoxy) is 1. The molecule has 1 atom stereocenters. The summed E-state index contributed by atoms with van der Waals surface area (Å²) in [5, 5.41) is 4.41. The van der Waals surface area contributed by atoms with E-state index in [-0.39, 0.29) is 5.97 Å². The summed E-state index contributed by atoms with van der Waals surface area (Å²) in [6, 6.07) is 0. The van der Waals surface area contributed by atoms with Crippen LogP contribution in [0.15, 0.2) is 6.20 Å². The van der Waals surface area contributed by atoms with Crippen LogP contribution in [0.2, 0.25) is 0 Å². The molecule has 0 saturated carbocycles. The van der Waals surface area contributed by atoms with Crippen molar-refractivity contribution in [3.63, 3.8) is 0 Å². The number of hydrogen-bond acceptors (Lipinski definition) is 4. The van der Waals surface area contributed by atoms with Crippen molar-refractivity contribution in [3.05, 3.63) is 17.5 Å². The van der Waals surface area contributed by atoms with Crippen LogP contribution in [-0.2, 0) is 18.3 Å². The van der Waals surface area contributed by atoms with Crippen molar-refractivity contribution in [1.29, 1.82) is 0 Å². The topological polar surface area (TPSA) is 47.4 Å². The van der Waals surface area contributed by atoms with Crippen molar-refractivity contribution in [2.45, 2.75) is 33.2 Å². The molecule has 0 N–H and O–H groups in total. The summed E-state index contributed by atoms with van der Waals surface area (Å²) in [6.07, 6.45) is 4.27. The molecule has 1 saturated heterocycles. The van der Waals surface area contributed by atoms with Crippen LogP contribution < -0.4 is 0 Å². The molecular weight excluding hydrogens is 242 g/mol. The van der Waals surface area contributed by atoms with Gasteiger partial charge in [-0.15, -0.1) is 0 Å². The summed E-state index contributed by atoms with van der Waals surface area (Å²) in [5.74, 6) is 0.458. The fourth-order valence-corrected chi connectivity index (χ4v) is 2.67. The minimum absolute atomic E-state index is 0.268. The van der Waals surface area contributed by atoms with Gasteiger partial charge < -0.3 is 4.74 Å². The molecule has 0 aromatic carbocycles. The van der Waals surface area contributed by atoms with Gasteiger partial charge in [-0.3, -0.25) is 9.58 Å². The van der Waals surface area contributed by atoms with Crippen LogP contribution in [-0.4, -0.2) is 40.3 Å². The van der Waals surface area contributed by atoms with Gasteiger partial charge in [-0.1, -0.05) is 6.92 Å². The molecule has 1 aliphatic rings. The Labute approximate surface area is 114 Å². The van der Waals surface area contributed by atoms with E-state index >= 15 is 0 Å². The summed E-state index contributed by atoms with van der Waals surface area (Å²) < 4.78 is 6.77. The fourth-order valence-electron chi connectivity index (χ4n) is 2.67. The van der Waals surface area contributed by atoms with Crippen molar-refractivity contribution in [1.82, 2.24) is 14.7 Å². The summed E-state index contributed by atoms with van der Waals surface area (Å²) in [4.78, 5) is 14.3. The SMILES string of the molecule is CCOC(=O)c1cn(C)nc1CN1CCCC(C)C1. The van der Waals surface area contributed by atoms with Crippen LogP contribution in [0.4, 0.5) is 0 Å². The second kappa shape index (κ2) is 6.19. The van der Waals surface area contributed by atoms with Gasteiger partial charge in [0.25, 0.3) is 0 Å². The van der Waals surface area contributed by atoms with Crippen LogP contribution in [0.1, 0.15) is 42.7 Å². The molecule has 2 heterocycles. The smallest absolute Gasteiger partial charge is 0.341 e. The Morgan fingerprint density at radius 2 is 2.37 bits per heavy atom. The van der Waals surface area contributed by atoms with E-state index in [0.29, 0.717) is 12.2 Å². The van der Waals surface area contributed by atoms with Gasteiger partial charge in [0.05, 0.1) is 12.3 Å². The summed E-state index contributed by atoms with van der Waals surface area (Å²) in [7, 11) is 1.84. The number of aromatic nitrogens is 2. The van der Waals surface area contributed by atoms with Crippen molar-refractivity contribution >= 4 is 5.97 Å². The maximum absolute atomic E-state index is 11.9. The molecule has 1 aromatic rings. The predicted molar refractivity (Wildman–Crippen MR) is 72.8 cm³/mol. The number of esters is 1. The predicted octanol–water partition coefficient (Wildman–Crippen LogP) is 1.83. The highest BCUT2D eigenvalue weighted by molar-refractivity contribution is 5.90. The maximum atomic E-state index is 11.9. The van der Waals surface area contributed by atoms with Gasteiger partial charge in [0.1, 0.15) is 5.56 Å². The third-order valence-electron chi connectivity index (χ3n) is 3.52. The fraction of sp³-hybridized carbons (Fsp3) is 0.714. The molecule has 1 aliphatic heterocycles. The third-order valence-corrected chi connectivity index (χ3v) is 3.52. The van der Waals surface area contributed by atoms with Gasteiger partial charge in [-0.05, 0) is 32.2 Å². The molecule has 5 heteroatoms. The highest BCUT2D eigenvalue weighted by Crippen LogP contribution is 2.19. The van der Waals surface area contributed by atoms with Crippen LogP contribution in [0.3, 0.4) is 0 Å². The lowest BCUT2D eigenvalue weighted by Gasteiger charge is -2.30. The Bertz CT molecular complexity index is 442. The van der Waals surface area contributed by atoms with E-state index in [1.54, 1.807) is 10.9 Å². The molecule has 1 aromatic heterocycles. The van der Waals surface area contributed by atoms with Gasteiger partial charge in [-0.2, -0.15) is 5.10 Å². The van der Waals surface area contributed by atoms with Crippen LogP contribution in [0.5, 0.6) is 0 Å². The zero-order valence-corrected chi connectivity index (χ0v) is 12.1. The molecule has 0 aliphatic carbocycles. The summed E-state index contributed by atoms with van der Waals surface area (Å²) >= 11 is 0. The first-order chi connectivity index (χ1) is 9.10. The maximum Gasteiger partial charge on any atom is 0.341 e. The number of carbonyl (C=O) groups is 1. The average Bonchev–Trinajstić information content (AvgIpc) is 2.70. The number of carbonyl (C=O) groups excluding carboxylic acids is 1. The van der Waals surface area contributed by atoms with Crippen LogP contribution in [0.25, 0.3) is 0 Å². The first-order valence-corrected chi connectivity index (χ1v) is 7.02. The Morgan fingerprint density at radius 1 is 1.58 bits per heavy atom. The molecule has 0 spiro atoms. The minimum Gasteiger partial charge on any atom is -0.462 e. The van der Waals surface area contributed by atoms with E-state index in [1.807, 2.05) is 14.0 Å². The first-order valence-electron chi connectivity index (χ1n) is 7.02. The van der Waals surface area contributed by atoms with Crippen molar-refractivity contribution in [2.75, 3.05) is 19.7 Å².